The van der Waals surface area contributed by atoms with Crippen molar-refractivity contribution in [2.75, 3.05) is 4.90 Å². The van der Waals surface area contributed by atoms with Crippen molar-refractivity contribution in [1.29, 1.82) is 0 Å². The van der Waals surface area contributed by atoms with Gasteiger partial charge < -0.3 is 27.7 Å². The first-order valence-electron chi connectivity index (χ1n) is 48.1. The van der Waals surface area contributed by atoms with E-state index < -0.39 is 0 Å². The first-order chi connectivity index (χ1) is 69.9. The fraction of sp³-hybridized carbons (Fsp3) is 0. The SMILES string of the molecule is c1ccc(-c2ccc(-n3c4ccccc4c4ccc(-c5ccc(-c6ccc7c(c6)c6cc(-c8ccc(-c9ccc%10c%11ccccc%11n(-c%11ccc(-c%12ccccc%12)cc%11)c%10c9)cc8)ccc6n7-c6ccc(-c7ccc(N(c8ccc(-c9ccc%10c%11ccccc%11n(-c%11ccccc%11)c%10c9)cc8)c8ccc(-c9ccc%10c%11ccccc%11n(-c%11ccccc%11)c%10c9)cc8)c8nsnc78)cc6)cc5)cc43)cc2)cc1. The monoisotopic (exact) mass is 1810 g/mol. The Balaban J connectivity index is 0.536. The number of benzene rings is 22. The predicted molar refractivity (Wildman–Crippen MR) is 593 cm³/mol. The van der Waals surface area contributed by atoms with Gasteiger partial charge in [0.25, 0.3) is 0 Å². The summed E-state index contributed by atoms with van der Waals surface area (Å²) in [5.41, 5.74) is 42.3. The maximum absolute atomic E-state index is 5.24. The van der Waals surface area contributed by atoms with Crippen molar-refractivity contribution in [3.8, 4) is 129 Å². The van der Waals surface area contributed by atoms with Crippen LogP contribution >= 0.6 is 11.7 Å². The third-order valence-electron chi connectivity index (χ3n) is 29.0. The highest BCUT2D eigenvalue weighted by Crippen LogP contribution is 2.48. The lowest BCUT2D eigenvalue weighted by Crippen LogP contribution is -2.10. The largest absolute Gasteiger partial charge is 0.309 e. The summed E-state index contributed by atoms with van der Waals surface area (Å²) in [6.45, 7) is 0. The molecule has 22 aromatic carbocycles. The minimum atomic E-state index is 0.817. The molecule has 0 saturated carbocycles. The Labute approximate surface area is 817 Å². The number of fused-ring (bicyclic) bond motifs is 16. The summed E-state index contributed by atoms with van der Waals surface area (Å²) in [6.07, 6.45) is 0. The third kappa shape index (κ3) is 13.6. The molecule has 28 rings (SSSR count). The number of aromatic nitrogens is 7. The Morgan fingerprint density at radius 2 is 0.376 bits per heavy atom. The van der Waals surface area contributed by atoms with Crippen LogP contribution in [-0.2, 0) is 0 Å². The number of hydrogen-bond acceptors (Lipinski definition) is 4. The van der Waals surface area contributed by atoms with E-state index in [1.807, 2.05) is 0 Å². The molecule has 9 heteroatoms. The Morgan fingerprint density at radius 1 is 0.149 bits per heavy atom. The van der Waals surface area contributed by atoms with E-state index in [9.17, 15) is 0 Å². The van der Waals surface area contributed by atoms with E-state index in [0.29, 0.717) is 0 Å². The summed E-state index contributed by atoms with van der Waals surface area (Å²) in [6, 6.07) is 187. The smallest absolute Gasteiger partial charge is 0.129 e. The number of nitrogens with zero attached hydrogens (tertiary/aromatic N) is 8. The van der Waals surface area contributed by atoms with E-state index in [4.69, 9.17) is 8.75 Å². The van der Waals surface area contributed by atoms with Crippen LogP contribution < -0.4 is 4.90 Å². The van der Waals surface area contributed by atoms with E-state index in [1.165, 1.54) is 110 Å². The molecule has 0 radical (unpaired) electrons. The van der Waals surface area contributed by atoms with Crippen LogP contribution in [0.4, 0.5) is 17.1 Å². The molecule has 0 N–H and O–H groups in total. The Morgan fingerprint density at radius 3 is 0.716 bits per heavy atom. The van der Waals surface area contributed by atoms with Crippen LogP contribution in [0, 0.1) is 0 Å². The average Bonchev–Trinajstić information content (AvgIpc) is 1.64. The summed E-state index contributed by atoms with van der Waals surface area (Å²) in [5, 5.41) is 12.1. The highest BCUT2D eigenvalue weighted by atomic mass is 32.1. The zero-order valence-corrected chi connectivity index (χ0v) is 77.3. The Bertz CT molecular complexity index is 9280. The van der Waals surface area contributed by atoms with Crippen LogP contribution in [0.15, 0.2) is 510 Å². The molecule has 0 aliphatic heterocycles. The first-order valence-corrected chi connectivity index (χ1v) is 48.9. The van der Waals surface area contributed by atoms with Crippen LogP contribution in [0.5, 0.6) is 0 Å². The van der Waals surface area contributed by atoms with Crippen molar-refractivity contribution in [3.63, 3.8) is 0 Å². The van der Waals surface area contributed by atoms with E-state index >= 15 is 0 Å². The van der Waals surface area contributed by atoms with Gasteiger partial charge in [-0.15, -0.1) is 0 Å². The first kappa shape index (κ1) is 80.9. The number of anilines is 3. The Kier molecular flexibility index (Phi) is 19.0. The summed E-state index contributed by atoms with van der Waals surface area (Å²) < 4.78 is 22.5. The fourth-order valence-corrected chi connectivity index (χ4v) is 22.8. The Hall–Kier alpha value is -18.5. The highest BCUT2D eigenvalue weighted by Gasteiger charge is 2.26. The van der Waals surface area contributed by atoms with Crippen molar-refractivity contribution >= 4 is 149 Å². The quantitative estimate of drug-likeness (QED) is 0.0913. The molecule has 0 saturated heterocycles. The van der Waals surface area contributed by atoms with Gasteiger partial charge in [0.05, 0.1) is 72.6 Å². The standard InChI is InChI=1S/C132H84N8S/c1-5-21-85(22-6-1)87-45-65-107(66-46-87)139-122-35-19-15-31-112(122)116-71-55-98(81-129(116)139)91-41-37-89(38-42-91)96-59-76-124-118(79-96)119-80-97(90-39-43-92(44-40-90)99-56-72-117-113-32-16-20-36-123(113)140(130(117)82-99)108-67-47-88(48-68-108)86-23-7-2-8-24-86)60-77-125(119)136(124)106-69-53-95(54-70-106)109-75-78-126(132-131(109)133-141-134-132)135(104-61-49-93(50-62-104)100-57-73-114-110-29-13-17-33-120(110)137(127(114)83-100)102-25-9-3-10-26-102)105-63-51-94(52-64-105)101-58-74-115-111-30-14-18-34-121(111)138(128(115)84-101)103-27-11-4-12-28-103/h1-84H. The fourth-order valence-electron chi connectivity index (χ4n) is 22.2. The van der Waals surface area contributed by atoms with Crippen LogP contribution in [-0.4, -0.2) is 31.6 Å². The van der Waals surface area contributed by atoms with Gasteiger partial charge in [0.15, 0.2) is 0 Å². The van der Waals surface area contributed by atoms with E-state index in [1.54, 1.807) is 0 Å². The van der Waals surface area contributed by atoms with E-state index in [0.717, 1.165) is 167 Å². The number of para-hydroxylation sites is 6. The molecule has 6 aromatic heterocycles. The molecule has 0 bridgehead atoms. The molecule has 0 fully saturated rings. The molecule has 8 nitrogen and oxygen atoms in total. The van der Waals surface area contributed by atoms with Gasteiger partial charge >= 0.3 is 0 Å². The van der Waals surface area contributed by atoms with Gasteiger partial charge in [-0.05, 0) is 264 Å². The number of rotatable bonds is 17. The highest BCUT2D eigenvalue weighted by molar-refractivity contribution is 7.00. The lowest BCUT2D eigenvalue weighted by molar-refractivity contribution is 1.18. The minimum Gasteiger partial charge on any atom is -0.309 e. The normalized spacial score (nSPS) is 11.8. The summed E-state index contributed by atoms with van der Waals surface area (Å²) in [5.74, 6) is 0. The van der Waals surface area contributed by atoms with Gasteiger partial charge in [0, 0.05) is 99.2 Å². The molecule has 141 heavy (non-hydrogen) atoms. The van der Waals surface area contributed by atoms with Crippen LogP contribution in [0.2, 0.25) is 0 Å². The van der Waals surface area contributed by atoms with Gasteiger partial charge in [-0.25, -0.2) is 0 Å². The van der Waals surface area contributed by atoms with E-state index in [-0.39, 0.29) is 0 Å². The van der Waals surface area contributed by atoms with Crippen LogP contribution in [0.25, 0.3) is 249 Å². The summed E-state index contributed by atoms with van der Waals surface area (Å²) in [4.78, 5) is 2.35. The second-order valence-corrected chi connectivity index (χ2v) is 37.4. The van der Waals surface area contributed by atoms with Crippen molar-refractivity contribution in [1.82, 2.24) is 31.6 Å². The molecule has 0 spiro atoms. The zero-order chi connectivity index (χ0) is 92.7. The van der Waals surface area contributed by atoms with Gasteiger partial charge in [0.1, 0.15) is 11.0 Å². The van der Waals surface area contributed by atoms with Gasteiger partial charge in [-0.1, -0.05) is 340 Å². The van der Waals surface area contributed by atoms with Crippen LogP contribution in [0.3, 0.4) is 0 Å². The zero-order valence-electron chi connectivity index (χ0n) is 76.5. The second-order valence-electron chi connectivity index (χ2n) is 36.9. The van der Waals surface area contributed by atoms with Crippen molar-refractivity contribution in [2.24, 2.45) is 0 Å². The molecule has 0 atom stereocenters. The minimum absolute atomic E-state index is 0.817. The summed E-state index contributed by atoms with van der Waals surface area (Å²) >= 11 is 1.25. The van der Waals surface area contributed by atoms with Crippen LogP contribution in [0.1, 0.15) is 0 Å². The molecule has 28 aromatic rings. The topological polar surface area (TPSA) is 53.7 Å². The second kappa shape index (κ2) is 33.2. The number of hydrogen-bond donors (Lipinski definition) is 0. The lowest BCUT2D eigenvalue weighted by atomic mass is 9.97. The molecular formula is C132H84N8S. The molecule has 658 valence electrons. The molecule has 0 unspecified atom stereocenters. The molecule has 6 heterocycles. The van der Waals surface area contributed by atoms with E-state index in [2.05, 4.69) is 537 Å². The van der Waals surface area contributed by atoms with Crippen molar-refractivity contribution in [3.05, 3.63) is 510 Å². The lowest BCUT2D eigenvalue weighted by Gasteiger charge is -2.26. The van der Waals surface area contributed by atoms with Crippen molar-refractivity contribution in [2.45, 2.75) is 0 Å². The predicted octanol–water partition coefficient (Wildman–Crippen LogP) is 35.6. The maximum atomic E-state index is 5.24. The average molecular weight is 1810 g/mol. The molecule has 0 aliphatic carbocycles. The van der Waals surface area contributed by atoms with Gasteiger partial charge in [-0.2, -0.15) is 8.75 Å². The summed E-state index contributed by atoms with van der Waals surface area (Å²) in [7, 11) is 0. The third-order valence-corrected chi connectivity index (χ3v) is 29.6. The van der Waals surface area contributed by atoms with Gasteiger partial charge in [-0.3, -0.25) is 0 Å². The molecule has 0 aliphatic rings. The molecular weight excluding hydrogens is 1730 g/mol. The molecule has 0 amide bonds. The van der Waals surface area contributed by atoms with Crippen molar-refractivity contribution < 1.29 is 0 Å². The maximum Gasteiger partial charge on any atom is 0.129 e. The van der Waals surface area contributed by atoms with Gasteiger partial charge in [0.2, 0.25) is 0 Å².